The average Bonchev–Trinajstić information content (AvgIpc) is 3.34. The van der Waals surface area contributed by atoms with Crippen molar-refractivity contribution in [2.45, 2.75) is 25.5 Å². The standard InChI is InChI=1S/C19H17F2N3O4S/c20-11-6-12(21)8-13(7-11)24-18(26)17-15(3-5-29-17)23(19(24)27)10-16(25)22-9-14-2-1-4-28-14/h3,5-8,14H,1-2,4,9-10H2,(H,22,25)/t14-/m0/s1. The third-order valence-corrected chi connectivity index (χ3v) is 5.60. The smallest absolute Gasteiger partial charge is 0.336 e. The normalized spacial score (nSPS) is 16.4. The highest BCUT2D eigenvalue weighted by Crippen LogP contribution is 2.17. The van der Waals surface area contributed by atoms with Gasteiger partial charge in [0.25, 0.3) is 5.56 Å². The number of thiophene rings is 1. The number of aromatic nitrogens is 2. The summed E-state index contributed by atoms with van der Waals surface area (Å²) in [5.74, 6) is -2.26. The minimum Gasteiger partial charge on any atom is -0.376 e. The van der Waals surface area contributed by atoms with Crippen molar-refractivity contribution >= 4 is 27.5 Å². The van der Waals surface area contributed by atoms with Crippen molar-refractivity contribution in [2.24, 2.45) is 0 Å². The maximum Gasteiger partial charge on any atom is 0.336 e. The van der Waals surface area contributed by atoms with Gasteiger partial charge in [0.15, 0.2) is 0 Å². The number of amides is 1. The van der Waals surface area contributed by atoms with Gasteiger partial charge in [-0.05, 0) is 36.4 Å². The van der Waals surface area contributed by atoms with Crippen molar-refractivity contribution in [2.75, 3.05) is 13.2 Å². The molecule has 0 unspecified atom stereocenters. The van der Waals surface area contributed by atoms with Crippen LogP contribution >= 0.6 is 11.3 Å². The van der Waals surface area contributed by atoms with E-state index >= 15 is 0 Å². The van der Waals surface area contributed by atoms with E-state index in [2.05, 4.69) is 5.32 Å². The molecule has 152 valence electrons. The molecule has 3 aromatic rings. The summed E-state index contributed by atoms with van der Waals surface area (Å²) in [7, 11) is 0. The van der Waals surface area contributed by atoms with Gasteiger partial charge in [-0.25, -0.2) is 18.1 Å². The van der Waals surface area contributed by atoms with Crippen molar-refractivity contribution in [1.29, 1.82) is 0 Å². The fraction of sp³-hybridized carbons (Fsp3) is 0.316. The quantitative estimate of drug-likeness (QED) is 0.681. The number of carbonyl (C=O) groups is 1. The lowest BCUT2D eigenvalue weighted by molar-refractivity contribution is -0.122. The summed E-state index contributed by atoms with van der Waals surface area (Å²) < 4.78 is 34.8. The number of ether oxygens (including phenoxy) is 1. The highest BCUT2D eigenvalue weighted by atomic mass is 32.1. The van der Waals surface area contributed by atoms with Crippen molar-refractivity contribution < 1.29 is 18.3 Å². The van der Waals surface area contributed by atoms with Gasteiger partial charge in [-0.3, -0.25) is 14.2 Å². The Bertz CT molecular complexity index is 1170. The molecule has 1 atom stereocenters. The van der Waals surface area contributed by atoms with E-state index in [0.717, 1.165) is 40.9 Å². The van der Waals surface area contributed by atoms with Crippen LogP contribution in [0, 0.1) is 11.6 Å². The molecule has 4 rings (SSSR count). The maximum atomic E-state index is 13.7. The molecule has 1 aliphatic rings. The van der Waals surface area contributed by atoms with Gasteiger partial charge in [0, 0.05) is 19.2 Å². The van der Waals surface area contributed by atoms with E-state index < -0.39 is 28.8 Å². The molecule has 1 fully saturated rings. The number of nitrogens with one attached hydrogen (secondary N) is 1. The van der Waals surface area contributed by atoms with E-state index in [1.54, 1.807) is 11.4 Å². The maximum absolute atomic E-state index is 13.7. The van der Waals surface area contributed by atoms with Gasteiger partial charge in [-0.15, -0.1) is 11.3 Å². The third kappa shape index (κ3) is 3.85. The number of hydrogen-bond acceptors (Lipinski definition) is 5. The molecule has 1 saturated heterocycles. The Morgan fingerprint density at radius 2 is 2.00 bits per heavy atom. The molecule has 2 aromatic heterocycles. The van der Waals surface area contributed by atoms with Gasteiger partial charge in [-0.1, -0.05) is 0 Å². The molecule has 7 nitrogen and oxygen atoms in total. The van der Waals surface area contributed by atoms with Crippen LogP contribution in [0.4, 0.5) is 8.78 Å². The number of benzene rings is 1. The Hall–Kier alpha value is -2.85. The number of hydrogen-bond donors (Lipinski definition) is 1. The molecule has 0 bridgehead atoms. The number of fused-ring (bicyclic) bond motifs is 1. The van der Waals surface area contributed by atoms with Crippen molar-refractivity contribution in [3.63, 3.8) is 0 Å². The Kier molecular flexibility index (Phi) is 5.29. The lowest BCUT2D eigenvalue weighted by Crippen LogP contribution is -2.42. The minimum atomic E-state index is -0.918. The number of carbonyl (C=O) groups excluding carboxylic acids is 1. The Labute approximate surface area is 167 Å². The zero-order chi connectivity index (χ0) is 20.5. The van der Waals surface area contributed by atoms with Crippen LogP contribution in [0.2, 0.25) is 0 Å². The van der Waals surface area contributed by atoms with Gasteiger partial charge in [0.2, 0.25) is 5.91 Å². The molecule has 1 amide bonds. The molecule has 0 aliphatic carbocycles. The van der Waals surface area contributed by atoms with Crippen molar-refractivity contribution in [3.05, 3.63) is 62.1 Å². The van der Waals surface area contributed by atoms with E-state index in [-0.39, 0.29) is 23.0 Å². The van der Waals surface area contributed by atoms with Crippen molar-refractivity contribution in [3.8, 4) is 5.69 Å². The summed E-state index contributed by atoms with van der Waals surface area (Å²) in [6.45, 7) is 0.649. The lowest BCUT2D eigenvalue weighted by atomic mass is 10.2. The second kappa shape index (κ2) is 7.88. The molecular weight excluding hydrogens is 404 g/mol. The fourth-order valence-electron chi connectivity index (χ4n) is 3.37. The first-order valence-electron chi connectivity index (χ1n) is 9.02. The predicted molar refractivity (Wildman–Crippen MR) is 104 cm³/mol. The van der Waals surface area contributed by atoms with Gasteiger partial charge in [0.05, 0.1) is 17.3 Å². The van der Waals surface area contributed by atoms with Crippen LogP contribution in [0.5, 0.6) is 0 Å². The zero-order valence-electron chi connectivity index (χ0n) is 15.2. The monoisotopic (exact) mass is 421 g/mol. The Morgan fingerprint density at radius 1 is 1.24 bits per heavy atom. The summed E-state index contributed by atoms with van der Waals surface area (Å²) in [4.78, 5) is 38.2. The van der Waals surface area contributed by atoms with Gasteiger partial charge in [0.1, 0.15) is 22.9 Å². The molecule has 29 heavy (non-hydrogen) atoms. The van der Waals surface area contributed by atoms with E-state index in [1.807, 2.05) is 0 Å². The summed E-state index contributed by atoms with van der Waals surface area (Å²) in [5.41, 5.74) is -1.48. The zero-order valence-corrected chi connectivity index (χ0v) is 16.0. The van der Waals surface area contributed by atoms with Gasteiger partial charge < -0.3 is 10.1 Å². The highest BCUT2D eigenvalue weighted by molar-refractivity contribution is 7.17. The summed E-state index contributed by atoms with van der Waals surface area (Å²) in [5, 5.41) is 4.34. The van der Waals surface area contributed by atoms with Crippen LogP contribution in [0.15, 0.2) is 39.2 Å². The van der Waals surface area contributed by atoms with Gasteiger partial charge in [-0.2, -0.15) is 0 Å². The number of halogens is 2. The predicted octanol–water partition coefficient (Wildman–Crippen LogP) is 1.79. The largest absolute Gasteiger partial charge is 0.376 e. The minimum absolute atomic E-state index is 0.0546. The number of nitrogens with zero attached hydrogens (tertiary/aromatic N) is 2. The van der Waals surface area contributed by atoms with Crippen molar-refractivity contribution in [1.82, 2.24) is 14.5 Å². The second-order valence-corrected chi connectivity index (χ2v) is 7.63. The molecule has 0 radical (unpaired) electrons. The van der Waals surface area contributed by atoms with Crippen LogP contribution in [0.3, 0.4) is 0 Å². The van der Waals surface area contributed by atoms with E-state index in [1.165, 1.54) is 0 Å². The average molecular weight is 421 g/mol. The highest BCUT2D eigenvalue weighted by Gasteiger charge is 2.20. The SMILES string of the molecule is O=C(Cn1c(=O)n(-c2cc(F)cc(F)c2)c(=O)c2sccc21)NC[C@@H]1CCCO1. The summed E-state index contributed by atoms with van der Waals surface area (Å²) in [6, 6.07) is 4.00. The first kappa shape index (κ1) is 19.5. The molecule has 0 spiro atoms. The number of rotatable bonds is 5. The first-order valence-corrected chi connectivity index (χ1v) is 9.90. The third-order valence-electron chi connectivity index (χ3n) is 4.71. The Balaban J connectivity index is 1.74. The van der Waals surface area contributed by atoms with Crippen LogP contribution in [0.1, 0.15) is 12.8 Å². The molecule has 3 heterocycles. The summed E-state index contributed by atoms with van der Waals surface area (Å²) >= 11 is 1.08. The van der Waals surface area contributed by atoms with Crippen LogP contribution in [0.25, 0.3) is 15.9 Å². The van der Waals surface area contributed by atoms with E-state index in [9.17, 15) is 23.2 Å². The van der Waals surface area contributed by atoms with Crippen LogP contribution < -0.4 is 16.6 Å². The molecule has 10 heteroatoms. The fourth-order valence-corrected chi connectivity index (χ4v) is 4.19. The lowest BCUT2D eigenvalue weighted by Gasteiger charge is -2.14. The molecule has 0 saturated carbocycles. The molecule has 1 aromatic carbocycles. The second-order valence-electron chi connectivity index (χ2n) is 6.71. The molecular formula is C19H17F2N3O4S. The summed E-state index contributed by atoms with van der Waals surface area (Å²) in [6.07, 6.45) is 1.73. The molecule has 1 aliphatic heterocycles. The Morgan fingerprint density at radius 3 is 2.69 bits per heavy atom. The van der Waals surface area contributed by atoms with E-state index in [4.69, 9.17) is 4.74 Å². The van der Waals surface area contributed by atoms with Crippen LogP contribution in [-0.2, 0) is 16.1 Å². The first-order chi connectivity index (χ1) is 13.9. The van der Waals surface area contributed by atoms with Gasteiger partial charge >= 0.3 is 5.69 Å². The molecule has 1 N–H and O–H groups in total. The topological polar surface area (TPSA) is 82.3 Å². The van der Waals surface area contributed by atoms with E-state index in [0.29, 0.717) is 29.3 Å². The van der Waals surface area contributed by atoms with Crippen LogP contribution in [-0.4, -0.2) is 34.3 Å².